The van der Waals surface area contributed by atoms with Gasteiger partial charge in [-0.15, -0.1) is 0 Å². The topological polar surface area (TPSA) is 166 Å². The van der Waals surface area contributed by atoms with Crippen LogP contribution in [0, 0.1) is 0 Å². The van der Waals surface area contributed by atoms with Gasteiger partial charge in [0.1, 0.15) is 20.2 Å². The minimum atomic E-state index is -4.43. The molecule has 0 aliphatic rings. The zero-order valence-corrected chi connectivity index (χ0v) is 25.4. The zero-order valence-electron chi connectivity index (χ0n) is 12.9. The van der Waals surface area contributed by atoms with Crippen LogP contribution in [0.5, 0.6) is 0 Å². The zero-order chi connectivity index (χ0) is 20.4. The van der Waals surface area contributed by atoms with E-state index in [0.717, 1.165) is 0 Å². The molecule has 0 aliphatic heterocycles. The number of nitrogen functional groups attached to an aromatic ring is 2. The fourth-order valence-corrected chi connectivity index (χ4v) is 5.44. The normalized spacial score (nSPS) is 11.2. The smallest absolute Gasteiger partial charge is 0.744 e. The molecule has 0 atom stereocenters. The number of halogens is 4. The molecule has 0 amide bonds. The summed E-state index contributed by atoms with van der Waals surface area (Å²) >= 11 is 12.1. The molecule has 0 aliphatic carbocycles. The van der Waals surface area contributed by atoms with Gasteiger partial charge in [-0.1, -0.05) is 0 Å². The van der Waals surface area contributed by atoms with Crippen molar-refractivity contribution in [3.8, 4) is 0 Å². The Morgan fingerprint density at radius 2 is 0.815 bits per heavy atom. The van der Waals surface area contributed by atoms with Gasteiger partial charge in [0, 0.05) is 17.9 Å². The van der Waals surface area contributed by atoms with E-state index in [1.165, 1.54) is 24.3 Å². The molecule has 0 saturated heterocycles. The summed E-state index contributed by atoms with van der Waals surface area (Å²) in [5, 5.41) is 0. The molecule has 0 radical (unpaired) electrons. The summed E-state index contributed by atoms with van der Waals surface area (Å²) in [4.78, 5) is -0.638. The summed E-state index contributed by atoms with van der Waals surface area (Å²) in [6.07, 6.45) is 0. The molecule has 0 bridgehead atoms. The van der Waals surface area contributed by atoms with Gasteiger partial charge in [0.15, 0.2) is 0 Å². The van der Waals surface area contributed by atoms with Crippen LogP contribution >= 0.6 is 63.7 Å². The van der Waals surface area contributed by atoms with Crippen molar-refractivity contribution in [1.29, 1.82) is 0 Å². The van der Waals surface area contributed by atoms with E-state index >= 15 is 0 Å². The van der Waals surface area contributed by atoms with Crippen LogP contribution in [0.4, 0.5) is 11.4 Å². The first-order valence-electron chi connectivity index (χ1n) is 6.05. The second kappa shape index (κ2) is 11.1. The third-order valence-electron chi connectivity index (χ3n) is 2.68. The van der Waals surface area contributed by atoms with Crippen LogP contribution in [0.25, 0.3) is 0 Å². The van der Waals surface area contributed by atoms with Gasteiger partial charge in [-0.3, -0.25) is 0 Å². The molecule has 0 saturated carbocycles. The molecule has 0 spiro atoms. The molecule has 27 heavy (non-hydrogen) atoms. The van der Waals surface area contributed by atoms with Crippen LogP contribution in [0.3, 0.4) is 0 Å². The fourth-order valence-electron chi connectivity index (χ4n) is 1.41. The Hall–Kier alpha value is 1.35. The van der Waals surface area contributed by atoms with E-state index in [4.69, 9.17) is 11.5 Å². The minimum Gasteiger partial charge on any atom is -0.744 e. The van der Waals surface area contributed by atoms with Crippen molar-refractivity contribution in [2.24, 2.45) is 0 Å². The van der Waals surface area contributed by atoms with Gasteiger partial charge < -0.3 is 20.6 Å². The summed E-state index contributed by atoms with van der Waals surface area (Å²) in [7, 11) is -8.86. The molecule has 8 nitrogen and oxygen atoms in total. The van der Waals surface area contributed by atoms with E-state index in [1.807, 2.05) is 0 Å². The average molecular weight is 797 g/mol. The number of hydrogen-bond acceptors (Lipinski definition) is 8. The molecular formula is C12H8BaBr4N2O6S2. The van der Waals surface area contributed by atoms with Gasteiger partial charge in [0.05, 0.1) is 21.2 Å². The Morgan fingerprint density at radius 1 is 0.630 bits per heavy atom. The van der Waals surface area contributed by atoms with Crippen molar-refractivity contribution in [3.63, 3.8) is 0 Å². The number of nitrogens with two attached hydrogens (primary N) is 2. The first kappa shape index (κ1) is 28.4. The number of anilines is 2. The van der Waals surface area contributed by atoms with Crippen LogP contribution in [-0.4, -0.2) is 74.8 Å². The van der Waals surface area contributed by atoms with Crippen LogP contribution in [0.2, 0.25) is 0 Å². The average Bonchev–Trinajstić information content (AvgIpc) is 2.48. The maximum atomic E-state index is 10.6. The van der Waals surface area contributed by atoms with Crippen molar-refractivity contribution in [3.05, 3.63) is 42.2 Å². The first-order chi connectivity index (χ1) is 11.6. The standard InChI is InChI=1S/2C6H5Br2NO3S.Ba/c2*7-4-1-3(13(10,11)12)2-5(8)6(4)9;/h2*1-2H,9H2,(H,10,11,12);/q;;+2/p-2. The molecule has 0 aromatic heterocycles. The Labute approximate surface area is 229 Å². The Bertz CT molecular complexity index is 932. The summed E-state index contributed by atoms with van der Waals surface area (Å²) < 4.78 is 65.1. The van der Waals surface area contributed by atoms with Crippen LogP contribution in [0.15, 0.2) is 51.9 Å². The Morgan fingerprint density at radius 3 is 0.963 bits per heavy atom. The third kappa shape index (κ3) is 8.55. The molecule has 144 valence electrons. The van der Waals surface area contributed by atoms with Crippen LogP contribution in [0.1, 0.15) is 0 Å². The molecule has 4 N–H and O–H groups in total. The summed E-state index contributed by atoms with van der Waals surface area (Å²) in [6.45, 7) is 0. The van der Waals surface area contributed by atoms with E-state index < -0.39 is 20.2 Å². The molecule has 2 rings (SSSR count). The number of hydrogen-bond donors (Lipinski definition) is 2. The van der Waals surface area contributed by atoms with Crippen molar-refractivity contribution < 1.29 is 25.9 Å². The molecule has 0 fully saturated rings. The summed E-state index contributed by atoms with van der Waals surface area (Å²) in [6, 6.07) is 4.68. The predicted molar refractivity (Wildman–Crippen MR) is 114 cm³/mol. The molecule has 15 heteroatoms. The van der Waals surface area contributed by atoms with E-state index in [1.54, 1.807) is 0 Å². The van der Waals surface area contributed by atoms with Crippen molar-refractivity contribution >= 4 is 144 Å². The quantitative estimate of drug-likeness (QED) is 0.266. The third-order valence-corrected chi connectivity index (χ3v) is 6.93. The van der Waals surface area contributed by atoms with E-state index in [2.05, 4.69) is 63.7 Å². The van der Waals surface area contributed by atoms with E-state index in [9.17, 15) is 25.9 Å². The predicted octanol–water partition coefficient (Wildman–Crippen LogP) is 3.02. The first-order valence-corrected chi connectivity index (χ1v) is 12.0. The molecule has 2 aromatic carbocycles. The largest absolute Gasteiger partial charge is 2.00 e. The van der Waals surface area contributed by atoms with Gasteiger partial charge in [-0.2, -0.15) is 0 Å². The minimum absolute atomic E-state index is 0. The number of rotatable bonds is 2. The van der Waals surface area contributed by atoms with Crippen LogP contribution in [-0.2, 0) is 20.2 Å². The fraction of sp³-hybridized carbons (Fsp3) is 0. The van der Waals surface area contributed by atoms with Crippen molar-refractivity contribution in [1.82, 2.24) is 0 Å². The van der Waals surface area contributed by atoms with Gasteiger partial charge in [0.2, 0.25) is 0 Å². The molecular weight excluding hydrogens is 789 g/mol. The van der Waals surface area contributed by atoms with Crippen LogP contribution < -0.4 is 11.5 Å². The van der Waals surface area contributed by atoms with Gasteiger partial charge in [0.25, 0.3) is 0 Å². The maximum absolute atomic E-state index is 10.6. The SMILES string of the molecule is Nc1c(Br)cc(S(=O)(=O)[O-])cc1Br.Nc1c(Br)cc(S(=O)(=O)[O-])cc1Br.[Ba+2]. The van der Waals surface area contributed by atoms with Crippen molar-refractivity contribution in [2.45, 2.75) is 9.79 Å². The molecule has 0 heterocycles. The van der Waals surface area contributed by atoms with E-state index in [-0.39, 0.29) is 58.7 Å². The second-order valence-electron chi connectivity index (χ2n) is 4.51. The molecule has 0 unspecified atom stereocenters. The summed E-state index contributed by atoms with van der Waals surface area (Å²) in [5.74, 6) is 0. The van der Waals surface area contributed by atoms with Gasteiger partial charge in [-0.05, 0) is 88.0 Å². The monoisotopic (exact) mass is 794 g/mol. The molecule has 2 aromatic rings. The van der Waals surface area contributed by atoms with E-state index in [0.29, 0.717) is 29.3 Å². The maximum Gasteiger partial charge on any atom is 2.00 e. The van der Waals surface area contributed by atoms with Gasteiger partial charge >= 0.3 is 48.9 Å². The number of benzene rings is 2. The Kier molecular flexibility index (Phi) is 11.7. The van der Waals surface area contributed by atoms with Gasteiger partial charge in [-0.25, -0.2) is 16.8 Å². The van der Waals surface area contributed by atoms with Crippen molar-refractivity contribution in [2.75, 3.05) is 11.5 Å². The summed E-state index contributed by atoms with van der Waals surface area (Å²) in [5.41, 5.74) is 11.7. The Balaban J connectivity index is 0.000000483. The second-order valence-corrected chi connectivity index (χ2v) is 10.7.